The number of benzene rings is 2. The summed E-state index contributed by atoms with van der Waals surface area (Å²) in [6, 6.07) is 13.8. The third-order valence-corrected chi connectivity index (χ3v) is 4.46. The Morgan fingerprint density at radius 2 is 1.93 bits per heavy atom. The lowest BCUT2D eigenvalue weighted by Gasteiger charge is -2.21. The molecule has 2 aromatic carbocycles. The molecule has 6 nitrogen and oxygen atoms in total. The molecule has 1 heterocycles. The molecule has 0 fully saturated rings. The molecule has 2 N–H and O–H groups in total. The highest BCUT2D eigenvalue weighted by atomic mass is 19.1. The van der Waals surface area contributed by atoms with Gasteiger partial charge in [0, 0.05) is 19.4 Å². The predicted molar refractivity (Wildman–Crippen MR) is 103 cm³/mol. The van der Waals surface area contributed by atoms with Crippen molar-refractivity contribution in [1.82, 2.24) is 20.2 Å². The van der Waals surface area contributed by atoms with E-state index >= 15 is 0 Å². The van der Waals surface area contributed by atoms with Gasteiger partial charge in [0.25, 0.3) is 0 Å². The van der Waals surface area contributed by atoms with Gasteiger partial charge < -0.3 is 15.2 Å². The molecule has 2 amide bonds. The molecule has 2 unspecified atom stereocenters. The van der Waals surface area contributed by atoms with Crippen LogP contribution in [0, 0.1) is 17.1 Å². The van der Waals surface area contributed by atoms with Crippen LogP contribution < -0.4 is 10.6 Å². The van der Waals surface area contributed by atoms with Gasteiger partial charge in [-0.3, -0.25) is 0 Å². The molecule has 0 bridgehead atoms. The summed E-state index contributed by atoms with van der Waals surface area (Å²) in [7, 11) is 1.81. The van der Waals surface area contributed by atoms with Crippen LogP contribution in [0.3, 0.4) is 0 Å². The fourth-order valence-corrected chi connectivity index (χ4v) is 2.94. The number of urea groups is 1. The zero-order valence-corrected chi connectivity index (χ0v) is 15.6. The van der Waals surface area contributed by atoms with E-state index in [2.05, 4.69) is 21.7 Å². The summed E-state index contributed by atoms with van der Waals surface area (Å²) in [5.74, 6) is 0.205. The molecule has 0 spiro atoms. The van der Waals surface area contributed by atoms with Gasteiger partial charge in [0.05, 0.1) is 17.7 Å². The highest BCUT2D eigenvalue weighted by Crippen LogP contribution is 2.21. The number of nitriles is 1. The molecule has 0 aliphatic heterocycles. The minimum Gasteiger partial charge on any atom is -0.336 e. The Bertz CT molecular complexity index is 1010. The third kappa shape index (κ3) is 4.35. The summed E-state index contributed by atoms with van der Waals surface area (Å²) in [5.41, 5.74) is 2.02. The first-order valence-electron chi connectivity index (χ1n) is 8.77. The van der Waals surface area contributed by atoms with Crippen molar-refractivity contribution in [2.24, 2.45) is 7.05 Å². The van der Waals surface area contributed by atoms with Gasteiger partial charge in [0.2, 0.25) is 0 Å². The molecule has 0 saturated heterocycles. The van der Waals surface area contributed by atoms with E-state index < -0.39 is 12.1 Å². The Balaban J connectivity index is 1.77. The van der Waals surface area contributed by atoms with Gasteiger partial charge in [-0.15, -0.1) is 0 Å². The molecule has 2 atom stereocenters. The SMILES string of the molecule is CC(NC(=O)NC(c1cccc(F)c1)c1nccn1C)c1ccc(C#N)cc1. The smallest absolute Gasteiger partial charge is 0.316 e. The number of nitrogens with zero attached hydrogens (tertiary/aromatic N) is 3. The normalized spacial score (nSPS) is 12.6. The lowest BCUT2D eigenvalue weighted by molar-refractivity contribution is 0.235. The number of aryl methyl sites for hydroxylation is 1. The van der Waals surface area contributed by atoms with Crippen LogP contribution >= 0.6 is 0 Å². The van der Waals surface area contributed by atoms with Crippen LogP contribution in [0.15, 0.2) is 60.9 Å². The molecule has 3 rings (SSSR count). The lowest BCUT2D eigenvalue weighted by Crippen LogP contribution is -2.40. The number of amides is 2. The largest absolute Gasteiger partial charge is 0.336 e. The molecule has 0 saturated carbocycles. The number of imidazole rings is 1. The van der Waals surface area contributed by atoms with Gasteiger partial charge in [-0.2, -0.15) is 5.26 Å². The maximum atomic E-state index is 13.7. The Morgan fingerprint density at radius 3 is 2.54 bits per heavy atom. The van der Waals surface area contributed by atoms with Crippen molar-refractivity contribution in [3.8, 4) is 6.07 Å². The first-order chi connectivity index (χ1) is 13.5. The number of hydrogen-bond acceptors (Lipinski definition) is 3. The monoisotopic (exact) mass is 377 g/mol. The minimum absolute atomic E-state index is 0.276. The average molecular weight is 377 g/mol. The highest BCUT2D eigenvalue weighted by molar-refractivity contribution is 5.75. The fourth-order valence-electron chi connectivity index (χ4n) is 2.94. The fraction of sp³-hybridized carbons (Fsp3) is 0.190. The van der Waals surface area contributed by atoms with E-state index in [1.807, 2.05) is 14.0 Å². The van der Waals surface area contributed by atoms with Crippen LogP contribution in [0.25, 0.3) is 0 Å². The third-order valence-electron chi connectivity index (χ3n) is 4.46. The molecular weight excluding hydrogens is 357 g/mol. The van der Waals surface area contributed by atoms with Crippen LogP contribution in [0.1, 0.15) is 41.5 Å². The molecule has 0 aliphatic rings. The van der Waals surface area contributed by atoms with E-state index in [0.717, 1.165) is 5.56 Å². The predicted octanol–water partition coefficient (Wildman–Crippen LogP) is 3.58. The van der Waals surface area contributed by atoms with Gasteiger partial charge in [-0.25, -0.2) is 14.2 Å². The van der Waals surface area contributed by atoms with Gasteiger partial charge in [0.15, 0.2) is 0 Å². The zero-order valence-electron chi connectivity index (χ0n) is 15.6. The molecule has 142 valence electrons. The summed E-state index contributed by atoms with van der Waals surface area (Å²) < 4.78 is 15.5. The number of carbonyl (C=O) groups is 1. The summed E-state index contributed by atoms with van der Waals surface area (Å²) in [5, 5.41) is 14.6. The van der Waals surface area contributed by atoms with E-state index in [9.17, 15) is 9.18 Å². The first kappa shape index (κ1) is 19.1. The van der Waals surface area contributed by atoms with Crippen molar-refractivity contribution >= 4 is 6.03 Å². The molecule has 7 heteroatoms. The van der Waals surface area contributed by atoms with Crippen LogP contribution in [-0.2, 0) is 7.05 Å². The van der Waals surface area contributed by atoms with E-state index in [1.165, 1.54) is 12.1 Å². The Kier molecular flexibility index (Phi) is 5.70. The number of hydrogen-bond donors (Lipinski definition) is 2. The highest BCUT2D eigenvalue weighted by Gasteiger charge is 2.22. The molecule has 3 aromatic rings. The number of halogens is 1. The van der Waals surface area contributed by atoms with Crippen molar-refractivity contribution in [3.05, 3.63) is 89.3 Å². The molecule has 28 heavy (non-hydrogen) atoms. The standard InChI is InChI=1S/C21H20FN5O/c1-14(16-8-6-15(13-23)7-9-16)25-21(28)26-19(20-24-10-11-27(20)2)17-4-3-5-18(22)12-17/h3-12,14,19H,1-2H3,(H2,25,26,28). The van der Waals surface area contributed by atoms with Gasteiger partial charge in [0.1, 0.15) is 17.7 Å². The van der Waals surface area contributed by atoms with Crippen molar-refractivity contribution in [2.75, 3.05) is 0 Å². The first-order valence-corrected chi connectivity index (χ1v) is 8.77. The Labute approximate surface area is 162 Å². The van der Waals surface area contributed by atoms with Crippen LogP contribution in [0.5, 0.6) is 0 Å². The van der Waals surface area contributed by atoms with E-state index in [1.54, 1.807) is 53.4 Å². The van der Waals surface area contributed by atoms with Crippen LogP contribution in [-0.4, -0.2) is 15.6 Å². The summed E-state index contributed by atoms with van der Waals surface area (Å²) in [4.78, 5) is 16.9. The Morgan fingerprint density at radius 1 is 1.18 bits per heavy atom. The van der Waals surface area contributed by atoms with Crippen molar-refractivity contribution in [2.45, 2.75) is 19.0 Å². The molecule has 0 aliphatic carbocycles. The lowest BCUT2D eigenvalue weighted by atomic mass is 10.1. The number of rotatable bonds is 5. The summed E-state index contributed by atoms with van der Waals surface area (Å²) >= 11 is 0. The van der Waals surface area contributed by atoms with E-state index in [4.69, 9.17) is 5.26 Å². The van der Waals surface area contributed by atoms with E-state index in [-0.39, 0.29) is 11.9 Å². The summed E-state index contributed by atoms with van der Waals surface area (Å²) in [6.07, 6.45) is 3.39. The molecule has 0 radical (unpaired) electrons. The second kappa shape index (κ2) is 8.35. The van der Waals surface area contributed by atoms with Gasteiger partial charge in [-0.05, 0) is 42.3 Å². The van der Waals surface area contributed by atoms with Gasteiger partial charge >= 0.3 is 6.03 Å². The van der Waals surface area contributed by atoms with Crippen molar-refractivity contribution in [3.63, 3.8) is 0 Å². The molecule has 1 aromatic heterocycles. The maximum absolute atomic E-state index is 13.7. The van der Waals surface area contributed by atoms with Crippen molar-refractivity contribution in [1.29, 1.82) is 5.26 Å². The van der Waals surface area contributed by atoms with Gasteiger partial charge in [-0.1, -0.05) is 24.3 Å². The maximum Gasteiger partial charge on any atom is 0.316 e. The van der Waals surface area contributed by atoms with Crippen molar-refractivity contribution < 1.29 is 9.18 Å². The van der Waals surface area contributed by atoms with Crippen LogP contribution in [0.2, 0.25) is 0 Å². The number of nitrogens with one attached hydrogen (secondary N) is 2. The average Bonchev–Trinajstić information content (AvgIpc) is 3.11. The topological polar surface area (TPSA) is 82.7 Å². The van der Waals surface area contributed by atoms with Crippen LogP contribution in [0.4, 0.5) is 9.18 Å². The minimum atomic E-state index is -0.608. The number of aromatic nitrogens is 2. The quantitative estimate of drug-likeness (QED) is 0.713. The summed E-state index contributed by atoms with van der Waals surface area (Å²) in [6.45, 7) is 1.85. The van der Waals surface area contributed by atoms with E-state index in [0.29, 0.717) is 17.0 Å². The second-order valence-corrected chi connectivity index (χ2v) is 6.46. The number of carbonyl (C=O) groups excluding carboxylic acids is 1. The zero-order chi connectivity index (χ0) is 20.1. The second-order valence-electron chi connectivity index (χ2n) is 6.46. The molecular formula is C21H20FN5O. The Hall–Kier alpha value is -3.66.